The van der Waals surface area contributed by atoms with Gasteiger partial charge in [-0.25, -0.2) is 0 Å². The minimum atomic E-state index is -4.39. The lowest BCUT2D eigenvalue weighted by Crippen LogP contribution is -2.52. The van der Waals surface area contributed by atoms with Crippen molar-refractivity contribution < 1.29 is 27.8 Å². The first-order valence-corrected chi connectivity index (χ1v) is 6.83. The minimum absolute atomic E-state index is 0.0377. The number of aliphatic hydroxyl groups is 1. The van der Waals surface area contributed by atoms with E-state index in [1.165, 1.54) is 12.1 Å². The van der Waals surface area contributed by atoms with Crippen LogP contribution in [-0.4, -0.2) is 43.4 Å². The number of carbonyl (C=O) groups is 1. The van der Waals surface area contributed by atoms with Crippen LogP contribution in [0.15, 0.2) is 24.3 Å². The fraction of sp³-hybridized carbons (Fsp3) is 0.500. The van der Waals surface area contributed by atoms with Crippen LogP contribution in [0.3, 0.4) is 0 Å². The van der Waals surface area contributed by atoms with E-state index in [2.05, 4.69) is 10.6 Å². The summed E-state index contributed by atoms with van der Waals surface area (Å²) in [6.07, 6.45) is -5.32. The molecule has 0 aliphatic carbocycles. The smallest absolute Gasteiger partial charge is 0.416 e. The molecule has 1 aromatic rings. The normalized spacial score (nSPS) is 16.7. The fourth-order valence-electron chi connectivity index (χ4n) is 1.83. The third kappa shape index (κ3) is 4.60. The second kappa shape index (κ2) is 6.97. The molecule has 5 nitrogen and oxygen atoms in total. The average molecular weight is 318 g/mol. The number of alkyl halides is 3. The van der Waals surface area contributed by atoms with E-state index in [1.807, 2.05) is 0 Å². The van der Waals surface area contributed by atoms with E-state index >= 15 is 0 Å². The molecule has 0 aromatic heterocycles. The molecule has 0 bridgehead atoms. The van der Waals surface area contributed by atoms with Crippen LogP contribution in [0.2, 0.25) is 0 Å². The Morgan fingerprint density at radius 1 is 1.36 bits per heavy atom. The quantitative estimate of drug-likeness (QED) is 0.725. The molecule has 8 heteroatoms. The van der Waals surface area contributed by atoms with Gasteiger partial charge in [0.15, 0.2) is 0 Å². The highest BCUT2D eigenvalue weighted by molar-refractivity contribution is 5.80. The first-order valence-electron chi connectivity index (χ1n) is 6.83. The molecule has 1 aliphatic heterocycles. The molecule has 1 aliphatic rings. The van der Waals surface area contributed by atoms with Crippen LogP contribution < -0.4 is 15.4 Å². The van der Waals surface area contributed by atoms with Crippen LogP contribution in [0, 0.1) is 5.92 Å². The number of hydrogen-bond donors (Lipinski definition) is 3. The summed E-state index contributed by atoms with van der Waals surface area (Å²) >= 11 is 0. The molecular formula is C14H17F3N2O3. The number of aliphatic hydroxyl groups excluding tert-OH is 1. The van der Waals surface area contributed by atoms with Crippen LogP contribution in [0.1, 0.15) is 5.56 Å². The Bertz CT molecular complexity index is 501. The monoisotopic (exact) mass is 318 g/mol. The summed E-state index contributed by atoms with van der Waals surface area (Å²) in [4.78, 5) is 11.5. The highest BCUT2D eigenvalue weighted by Crippen LogP contribution is 2.30. The molecule has 0 radical (unpaired) electrons. The molecule has 1 unspecified atom stereocenters. The molecule has 1 heterocycles. The largest absolute Gasteiger partial charge is 0.491 e. The van der Waals surface area contributed by atoms with E-state index in [-0.39, 0.29) is 30.7 Å². The van der Waals surface area contributed by atoms with Gasteiger partial charge in [-0.05, 0) is 24.3 Å². The molecule has 1 atom stereocenters. The van der Waals surface area contributed by atoms with Gasteiger partial charge in [-0.2, -0.15) is 13.2 Å². The fourth-order valence-corrected chi connectivity index (χ4v) is 1.83. The molecule has 1 saturated heterocycles. The first-order chi connectivity index (χ1) is 10.4. The Labute approximate surface area is 125 Å². The summed E-state index contributed by atoms with van der Waals surface area (Å²) in [5.41, 5.74) is -0.762. The third-order valence-corrected chi connectivity index (χ3v) is 3.29. The Balaban J connectivity index is 1.71. The number of amides is 1. The summed E-state index contributed by atoms with van der Waals surface area (Å²) in [6.45, 7) is 1.18. The summed E-state index contributed by atoms with van der Waals surface area (Å²) < 4.78 is 42.3. The number of benzene rings is 1. The Morgan fingerprint density at radius 2 is 2.00 bits per heavy atom. The Morgan fingerprint density at radius 3 is 2.50 bits per heavy atom. The van der Waals surface area contributed by atoms with E-state index in [0.717, 1.165) is 12.1 Å². The van der Waals surface area contributed by atoms with Crippen molar-refractivity contribution in [3.05, 3.63) is 29.8 Å². The van der Waals surface area contributed by atoms with Crippen molar-refractivity contribution in [2.24, 2.45) is 5.92 Å². The van der Waals surface area contributed by atoms with Crippen molar-refractivity contribution in [2.45, 2.75) is 12.3 Å². The molecule has 0 spiro atoms. The van der Waals surface area contributed by atoms with Crippen molar-refractivity contribution in [3.63, 3.8) is 0 Å². The second-order valence-electron chi connectivity index (χ2n) is 5.09. The SMILES string of the molecule is O=C(NCC(O)COc1ccc(C(F)(F)F)cc1)C1CNC1. The molecule has 122 valence electrons. The topological polar surface area (TPSA) is 70.6 Å². The highest BCUT2D eigenvalue weighted by Gasteiger charge is 2.30. The van der Waals surface area contributed by atoms with Gasteiger partial charge in [-0.3, -0.25) is 4.79 Å². The van der Waals surface area contributed by atoms with Crippen molar-refractivity contribution in [3.8, 4) is 5.75 Å². The van der Waals surface area contributed by atoms with E-state index in [0.29, 0.717) is 13.1 Å². The lowest BCUT2D eigenvalue weighted by atomic mass is 10.0. The van der Waals surface area contributed by atoms with Gasteiger partial charge < -0.3 is 20.5 Å². The predicted molar refractivity (Wildman–Crippen MR) is 72.3 cm³/mol. The van der Waals surface area contributed by atoms with Crippen molar-refractivity contribution >= 4 is 5.91 Å². The van der Waals surface area contributed by atoms with Gasteiger partial charge in [0.05, 0.1) is 11.5 Å². The molecule has 2 rings (SSSR count). The van der Waals surface area contributed by atoms with E-state index in [4.69, 9.17) is 4.74 Å². The third-order valence-electron chi connectivity index (χ3n) is 3.29. The van der Waals surface area contributed by atoms with Crippen LogP contribution in [0.5, 0.6) is 5.75 Å². The van der Waals surface area contributed by atoms with Crippen LogP contribution in [-0.2, 0) is 11.0 Å². The molecule has 0 saturated carbocycles. The van der Waals surface area contributed by atoms with Gasteiger partial charge in [0.25, 0.3) is 0 Å². The second-order valence-corrected chi connectivity index (χ2v) is 5.09. The minimum Gasteiger partial charge on any atom is -0.491 e. The molecule has 3 N–H and O–H groups in total. The lowest BCUT2D eigenvalue weighted by Gasteiger charge is -2.26. The lowest BCUT2D eigenvalue weighted by molar-refractivity contribution is -0.137. The number of halogens is 3. The molecule has 22 heavy (non-hydrogen) atoms. The van der Waals surface area contributed by atoms with Gasteiger partial charge in [0, 0.05) is 19.6 Å². The van der Waals surface area contributed by atoms with E-state index in [9.17, 15) is 23.1 Å². The van der Waals surface area contributed by atoms with Crippen LogP contribution in [0.4, 0.5) is 13.2 Å². The maximum absolute atomic E-state index is 12.4. The van der Waals surface area contributed by atoms with Crippen molar-refractivity contribution in [1.82, 2.24) is 10.6 Å². The van der Waals surface area contributed by atoms with Gasteiger partial charge >= 0.3 is 6.18 Å². The molecular weight excluding hydrogens is 301 g/mol. The number of carbonyl (C=O) groups excluding carboxylic acids is 1. The maximum Gasteiger partial charge on any atom is 0.416 e. The van der Waals surface area contributed by atoms with Gasteiger partial charge in [0.1, 0.15) is 18.5 Å². The Hall–Kier alpha value is -1.80. The van der Waals surface area contributed by atoms with Crippen molar-refractivity contribution in [1.29, 1.82) is 0 Å². The summed E-state index contributed by atoms with van der Waals surface area (Å²) in [5.74, 6) is 0.0249. The van der Waals surface area contributed by atoms with E-state index in [1.54, 1.807) is 0 Å². The van der Waals surface area contributed by atoms with E-state index < -0.39 is 17.8 Å². The summed E-state index contributed by atoms with van der Waals surface area (Å²) in [5, 5.41) is 15.2. The number of rotatable bonds is 6. The maximum atomic E-state index is 12.4. The standard InChI is InChI=1S/C14H17F3N2O3/c15-14(16,17)10-1-3-12(4-2-10)22-8-11(20)7-19-13(21)9-5-18-6-9/h1-4,9,11,18,20H,5-8H2,(H,19,21). The number of hydrogen-bond acceptors (Lipinski definition) is 4. The highest BCUT2D eigenvalue weighted by atomic mass is 19.4. The molecule has 1 fully saturated rings. The molecule has 1 aromatic carbocycles. The zero-order valence-electron chi connectivity index (χ0n) is 11.7. The molecule has 1 amide bonds. The van der Waals surface area contributed by atoms with Gasteiger partial charge in [0.2, 0.25) is 5.91 Å². The zero-order chi connectivity index (χ0) is 16.2. The van der Waals surface area contributed by atoms with Gasteiger partial charge in [-0.15, -0.1) is 0 Å². The first kappa shape index (κ1) is 16.6. The summed E-state index contributed by atoms with van der Waals surface area (Å²) in [6, 6.07) is 4.20. The predicted octanol–water partition coefficient (Wildman–Crippen LogP) is 0.781. The number of nitrogens with one attached hydrogen (secondary N) is 2. The summed E-state index contributed by atoms with van der Waals surface area (Å²) in [7, 11) is 0. The van der Waals surface area contributed by atoms with Crippen LogP contribution in [0.25, 0.3) is 0 Å². The van der Waals surface area contributed by atoms with Gasteiger partial charge in [-0.1, -0.05) is 0 Å². The Kier molecular flexibility index (Phi) is 5.25. The zero-order valence-corrected chi connectivity index (χ0v) is 11.7. The van der Waals surface area contributed by atoms with Crippen LogP contribution >= 0.6 is 0 Å². The number of ether oxygens (including phenoxy) is 1. The average Bonchev–Trinajstić information content (AvgIpc) is 2.40. The van der Waals surface area contributed by atoms with Crippen molar-refractivity contribution in [2.75, 3.05) is 26.2 Å².